The summed E-state index contributed by atoms with van der Waals surface area (Å²) in [5.41, 5.74) is 0. The highest BCUT2D eigenvalue weighted by Crippen LogP contribution is 2.31. The molecule has 3 heterocycles. The fourth-order valence-electron chi connectivity index (χ4n) is 4.38. The van der Waals surface area contributed by atoms with Crippen LogP contribution in [-0.2, 0) is 24.4 Å². The number of likely N-dealkylation sites (N-methyl/N-ethyl adjacent to an activating group) is 1. The van der Waals surface area contributed by atoms with Gasteiger partial charge in [-0.1, -0.05) is 11.6 Å². The minimum absolute atomic E-state index is 0.0331. The third-order valence-electron chi connectivity index (χ3n) is 6.44. The van der Waals surface area contributed by atoms with Crippen molar-refractivity contribution in [1.29, 1.82) is 0 Å². The Morgan fingerprint density at radius 1 is 1.24 bits per heavy atom. The molecule has 4 rings (SSSR count). The predicted molar refractivity (Wildman–Crippen MR) is 130 cm³/mol. The molecule has 0 radical (unpaired) electrons. The van der Waals surface area contributed by atoms with Crippen molar-refractivity contribution < 1.29 is 22.8 Å². The maximum Gasteiger partial charge on any atom is 0.250 e. The summed E-state index contributed by atoms with van der Waals surface area (Å²) in [6, 6.07) is 5.75. The van der Waals surface area contributed by atoms with E-state index in [-0.39, 0.29) is 28.6 Å². The van der Waals surface area contributed by atoms with Crippen LogP contribution < -0.4 is 4.72 Å². The van der Waals surface area contributed by atoms with Crippen LogP contribution in [0, 0.1) is 0 Å². The first-order chi connectivity index (χ1) is 16.0. The van der Waals surface area contributed by atoms with Crippen molar-refractivity contribution in [3.05, 3.63) is 29.3 Å². The molecule has 1 N–H and O–H groups in total. The number of likely N-dealkylation sites (tertiary alicyclic amines) is 2. The fourth-order valence-corrected chi connectivity index (χ4v) is 7.18. The molecule has 1 aromatic heterocycles. The number of hydrogen-bond acceptors (Lipinski definition) is 6. The van der Waals surface area contributed by atoms with Crippen LogP contribution in [0.15, 0.2) is 28.5 Å². The molecule has 2 saturated heterocycles. The van der Waals surface area contributed by atoms with Crippen molar-refractivity contribution in [2.45, 2.75) is 42.5 Å². The highest BCUT2D eigenvalue weighted by atomic mass is 35.5. The van der Waals surface area contributed by atoms with Crippen LogP contribution in [-0.4, -0.2) is 86.1 Å². The largest absolute Gasteiger partial charge is 0.341 e. The molecule has 0 aliphatic carbocycles. The number of piperidine rings is 1. The number of benzene rings is 1. The SMILES string of the molecule is CC(=O)N(C)C1CCN(C(=O)CN2CCC[C@H](NS(=O)(=O)c3cc4cc(Cl)ccc4s3)C2=O)C1. The maximum atomic E-state index is 13.0. The maximum absolute atomic E-state index is 13.0. The van der Waals surface area contributed by atoms with Gasteiger partial charge >= 0.3 is 0 Å². The normalized spacial score (nSPS) is 21.3. The second-order valence-corrected chi connectivity index (χ2v) is 12.2. The number of sulfonamides is 1. The molecule has 0 bridgehead atoms. The van der Waals surface area contributed by atoms with Crippen molar-refractivity contribution in [3.8, 4) is 0 Å². The van der Waals surface area contributed by atoms with Gasteiger partial charge in [-0.15, -0.1) is 11.3 Å². The lowest BCUT2D eigenvalue weighted by Crippen LogP contribution is -2.54. The van der Waals surface area contributed by atoms with Crippen molar-refractivity contribution in [2.24, 2.45) is 0 Å². The number of thiophene rings is 1. The Hall–Kier alpha value is -2.21. The van der Waals surface area contributed by atoms with Crippen LogP contribution in [0.5, 0.6) is 0 Å². The van der Waals surface area contributed by atoms with Gasteiger partial charge in [0, 0.05) is 43.3 Å². The molecule has 0 saturated carbocycles. The van der Waals surface area contributed by atoms with E-state index in [0.29, 0.717) is 43.9 Å². The molecule has 2 fully saturated rings. The van der Waals surface area contributed by atoms with Gasteiger partial charge in [-0.3, -0.25) is 14.4 Å². The van der Waals surface area contributed by atoms with Gasteiger partial charge in [0.1, 0.15) is 10.3 Å². The smallest absolute Gasteiger partial charge is 0.250 e. The van der Waals surface area contributed by atoms with E-state index in [4.69, 9.17) is 11.6 Å². The summed E-state index contributed by atoms with van der Waals surface area (Å²) in [4.78, 5) is 42.2. The summed E-state index contributed by atoms with van der Waals surface area (Å²) in [7, 11) is -2.20. The number of nitrogens with zero attached hydrogens (tertiary/aromatic N) is 3. The number of fused-ring (bicyclic) bond motifs is 1. The first-order valence-electron chi connectivity index (χ1n) is 11.1. The second-order valence-electron chi connectivity index (χ2n) is 8.74. The van der Waals surface area contributed by atoms with Gasteiger partial charge in [0.05, 0.1) is 12.6 Å². The third kappa shape index (κ3) is 5.22. The first kappa shape index (κ1) is 24.9. The van der Waals surface area contributed by atoms with E-state index in [1.165, 1.54) is 11.8 Å². The molecule has 9 nitrogen and oxygen atoms in total. The van der Waals surface area contributed by atoms with E-state index < -0.39 is 22.0 Å². The highest BCUT2D eigenvalue weighted by Gasteiger charge is 2.36. The topological polar surface area (TPSA) is 107 Å². The zero-order valence-corrected chi connectivity index (χ0v) is 21.4. The Morgan fingerprint density at radius 2 is 2.00 bits per heavy atom. The summed E-state index contributed by atoms with van der Waals surface area (Å²) in [5.74, 6) is -0.649. The Balaban J connectivity index is 1.39. The second kappa shape index (κ2) is 9.80. The molecule has 12 heteroatoms. The summed E-state index contributed by atoms with van der Waals surface area (Å²) in [6.07, 6.45) is 1.65. The lowest BCUT2D eigenvalue weighted by molar-refractivity contribution is -0.142. The lowest BCUT2D eigenvalue weighted by Gasteiger charge is -2.33. The van der Waals surface area contributed by atoms with Crippen LogP contribution in [0.1, 0.15) is 26.2 Å². The number of carbonyl (C=O) groups excluding carboxylic acids is 3. The number of rotatable bonds is 6. The minimum Gasteiger partial charge on any atom is -0.341 e. The molecule has 1 aromatic carbocycles. The molecule has 2 aromatic rings. The van der Waals surface area contributed by atoms with E-state index in [0.717, 1.165) is 21.4 Å². The average Bonchev–Trinajstić information content (AvgIpc) is 3.43. The summed E-state index contributed by atoms with van der Waals surface area (Å²) < 4.78 is 29.4. The Labute approximate surface area is 207 Å². The highest BCUT2D eigenvalue weighted by molar-refractivity contribution is 7.91. The predicted octanol–water partition coefficient (Wildman–Crippen LogP) is 1.90. The van der Waals surface area contributed by atoms with Crippen molar-refractivity contribution >= 4 is 60.8 Å². The number of carbonyl (C=O) groups is 3. The Kier molecular flexibility index (Phi) is 7.18. The van der Waals surface area contributed by atoms with Gasteiger partial charge in [0.15, 0.2) is 0 Å². The van der Waals surface area contributed by atoms with Crippen LogP contribution >= 0.6 is 22.9 Å². The molecule has 2 aliphatic heterocycles. The molecule has 2 atom stereocenters. The van der Waals surface area contributed by atoms with Gasteiger partial charge in [-0.25, -0.2) is 8.42 Å². The quantitative estimate of drug-likeness (QED) is 0.618. The molecular weight excluding hydrogens is 500 g/mol. The van der Waals surface area contributed by atoms with Crippen LogP contribution in [0.2, 0.25) is 5.02 Å². The van der Waals surface area contributed by atoms with E-state index in [1.807, 2.05) is 0 Å². The van der Waals surface area contributed by atoms with Crippen LogP contribution in [0.25, 0.3) is 10.1 Å². The molecular formula is C22H27ClN4O5S2. The van der Waals surface area contributed by atoms with Crippen molar-refractivity contribution in [1.82, 2.24) is 19.4 Å². The van der Waals surface area contributed by atoms with Gasteiger partial charge < -0.3 is 14.7 Å². The molecule has 34 heavy (non-hydrogen) atoms. The first-order valence-corrected chi connectivity index (χ1v) is 13.7. The summed E-state index contributed by atoms with van der Waals surface area (Å²) >= 11 is 7.11. The standard InChI is InChI=1S/C22H27ClN4O5S2/c1-14(28)25(2)17-7-9-26(12-17)20(29)13-27-8-3-4-18(22(27)30)24-34(31,32)21-11-15-10-16(23)5-6-19(15)33-21/h5-6,10-11,17-18,24H,3-4,7-9,12-13H2,1-2H3/t17?,18-/m0/s1. The molecule has 0 spiro atoms. The van der Waals surface area contributed by atoms with Gasteiger partial charge in [0.25, 0.3) is 10.0 Å². The molecule has 3 amide bonds. The van der Waals surface area contributed by atoms with E-state index in [9.17, 15) is 22.8 Å². The van der Waals surface area contributed by atoms with Crippen molar-refractivity contribution in [3.63, 3.8) is 0 Å². The molecule has 1 unspecified atom stereocenters. The number of amides is 3. The minimum atomic E-state index is -3.91. The number of nitrogens with one attached hydrogen (secondary N) is 1. The summed E-state index contributed by atoms with van der Waals surface area (Å²) in [5, 5.41) is 1.24. The van der Waals surface area contributed by atoms with Gasteiger partial charge in [-0.2, -0.15) is 4.72 Å². The van der Waals surface area contributed by atoms with E-state index >= 15 is 0 Å². The Morgan fingerprint density at radius 3 is 2.74 bits per heavy atom. The fraction of sp³-hybridized carbons (Fsp3) is 0.500. The summed E-state index contributed by atoms with van der Waals surface area (Å²) in [6.45, 7) is 2.74. The zero-order chi connectivity index (χ0) is 24.6. The number of hydrogen-bond donors (Lipinski definition) is 1. The van der Waals surface area contributed by atoms with Crippen molar-refractivity contribution in [2.75, 3.05) is 33.2 Å². The van der Waals surface area contributed by atoms with Crippen LogP contribution in [0.4, 0.5) is 0 Å². The molecule has 2 aliphatic rings. The molecule has 184 valence electrons. The zero-order valence-electron chi connectivity index (χ0n) is 19.0. The monoisotopic (exact) mass is 526 g/mol. The third-order valence-corrected chi connectivity index (χ3v) is 9.73. The van der Waals surface area contributed by atoms with Crippen LogP contribution in [0.3, 0.4) is 0 Å². The van der Waals surface area contributed by atoms with Gasteiger partial charge in [0.2, 0.25) is 17.7 Å². The number of halogens is 1. The van der Waals surface area contributed by atoms with Gasteiger partial charge in [-0.05, 0) is 48.9 Å². The van der Waals surface area contributed by atoms with E-state index in [2.05, 4.69) is 4.72 Å². The lowest BCUT2D eigenvalue weighted by atomic mass is 10.1. The average molecular weight is 527 g/mol. The van der Waals surface area contributed by atoms with E-state index in [1.54, 1.807) is 41.1 Å². The Bertz CT molecular complexity index is 1230.